The molecule has 0 aliphatic heterocycles. The summed E-state index contributed by atoms with van der Waals surface area (Å²) < 4.78 is 13.4. The Hall–Kier alpha value is -3.12. The maximum absolute atomic E-state index is 13.4. The Morgan fingerprint density at radius 1 is 1.25 bits per heavy atom. The monoisotopic (exact) mass is 268 g/mol. The Morgan fingerprint density at radius 2 is 1.90 bits per heavy atom. The van der Waals surface area contributed by atoms with Crippen molar-refractivity contribution in [1.82, 2.24) is 4.98 Å². The molecule has 3 N–H and O–H groups in total. The van der Waals surface area contributed by atoms with Gasteiger partial charge in [0.25, 0.3) is 5.56 Å². The van der Waals surface area contributed by atoms with Crippen molar-refractivity contribution >= 4 is 5.82 Å². The smallest absolute Gasteiger partial charge is 0.268 e. The van der Waals surface area contributed by atoms with Gasteiger partial charge in [0.05, 0.1) is 0 Å². The van der Waals surface area contributed by atoms with Crippen molar-refractivity contribution in [2.75, 3.05) is 5.73 Å². The van der Waals surface area contributed by atoms with E-state index in [1.807, 2.05) is 6.07 Å². The van der Waals surface area contributed by atoms with Crippen molar-refractivity contribution in [2.24, 2.45) is 0 Å². The number of aromatic amines is 1. The SMILES string of the molecule is Cc1ccc(F)cc1-c1c(C#N)c(N)[nH]c(=O)c1C#N. The first-order valence-electron chi connectivity index (χ1n) is 5.62. The summed E-state index contributed by atoms with van der Waals surface area (Å²) in [5.41, 5.74) is 5.58. The molecule has 1 heterocycles. The van der Waals surface area contributed by atoms with Gasteiger partial charge in [-0.15, -0.1) is 0 Å². The van der Waals surface area contributed by atoms with Crippen molar-refractivity contribution in [3.8, 4) is 23.3 Å². The number of hydrogen-bond acceptors (Lipinski definition) is 4. The first-order valence-corrected chi connectivity index (χ1v) is 5.62. The minimum atomic E-state index is -0.706. The number of rotatable bonds is 1. The first kappa shape index (κ1) is 13.3. The van der Waals surface area contributed by atoms with E-state index in [4.69, 9.17) is 11.0 Å². The van der Waals surface area contributed by atoms with Gasteiger partial charge < -0.3 is 10.7 Å². The van der Waals surface area contributed by atoms with Crippen LogP contribution in [0.5, 0.6) is 0 Å². The number of pyridine rings is 1. The minimum Gasteiger partial charge on any atom is -0.384 e. The molecule has 0 aliphatic rings. The van der Waals surface area contributed by atoms with E-state index in [-0.39, 0.29) is 22.5 Å². The highest BCUT2D eigenvalue weighted by molar-refractivity contribution is 5.81. The first-order chi connectivity index (χ1) is 9.49. The molecule has 2 aromatic rings. The summed E-state index contributed by atoms with van der Waals surface area (Å²) in [4.78, 5) is 14.0. The molecule has 1 aromatic heterocycles. The van der Waals surface area contributed by atoms with E-state index in [1.54, 1.807) is 13.0 Å². The zero-order chi connectivity index (χ0) is 14.9. The van der Waals surface area contributed by atoms with Crippen LogP contribution in [0, 0.1) is 35.4 Å². The van der Waals surface area contributed by atoms with Crippen LogP contribution in [0.15, 0.2) is 23.0 Å². The fourth-order valence-electron chi connectivity index (χ4n) is 1.98. The van der Waals surface area contributed by atoms with Crippen LogP contribution >= 0.6 is 0 Å². The molecule has 1 aromatic carbocycles. The molecule has 0 atom stereocenters. The van der Waals surface area contributed by atoms with Crippen LogP contribution < -0.4 is 11.3 Å². The average Bonchev–Trinajstić information content (AvgIpc) is 2.41. The van der Waals surface area contributed by atoms with E-state index in [0.29, 0.717) is 11.1 Å². The molecule has 0 spiro atoms. The number of nitriles is 2. The van der Waals surface area contributed by atoms with Crippen LogP contribution in [0.2, 0.25) is 0 Å². The molecular formula is C14H9FN4O. The summed E-state index contributed by atoms with van der Waals surface area (Å²) in [5.74, 6) is -0.674. The number of benzene rings is 1. The molecule has 0 saturated heterocycles. The van der Waals surface area contributed by atoms with Gasteiger partial charge in [0.15, 0.2) is 0 Å². The van der Waals surface area contributed by atoms with Gasteiger partial charge in [-0.3, -0.25) is 4.79 Å². The largest absolute Gasteiger partial charge is 0.384 e. The zero-order valence-corrected chi connectivity index (χ0v) is 10.5. The quantitative estimate of drug-likeness (QED) is 0.822. The number of nitrogen functional groups attached to an aromatic ring is 1. The van der Waals surface area contributed by atoms with Crippen LogP contribution in [-0.4, -0.2) is 4.98 Å². The maximum Gasteiger partial charge on any atom is 0.268 e. The van der Waals surface area contributed by atoms with Gasteiger partial charge in [0, 0.05) is 5.56 Å². The predicted molar refractivity (Wildman–Crippen MR) is 71.0 cm³/mol. The second kappa shape index (κ2) is 4.87. The zero-order valence-electron chi connectivity index (χ0n) is 10.5. The third kappa shape index (κ3) is 2.00. The Morgan fingerprint density at radius 3 is 2.50 bits per heavy atom. The molecule has 0 fully saturated rings. The number of aromatic nitrogens is 1. The number of nitrogens with one attached hydrogen (secondary N) is 1. The van der Waals surface area contributed by atoms with E-state index in [1.165, 1.54) is 18.2 Å². The maximum atomic E-state index is 13.4. The Kier molecular flexibility index (Phi) is 3.24. The predicted octanol–water partition coefficient (Wildman–Crippen LogP) is 1.81. The summed E-state index contributed by atoms with van der Waals surface area (Å²) >= 11 is 0. The number of halogens is 1. The van der Waals surface area contributed by atoms with Gasteiger partial charge in [-0.05, 0) is 30.2 Å². The Bertz CT molecular complexity index is 840. The minimum absolute atomic E-state index is 0.0464. The van der Waals surface area contributed by atoms with Crippen molar-refractivity contribution in [1.29, 1.82) is 10.5 Å². The highest BCUT2D eigenvalue weighted by Crippen LogP contribution is 2.30. The number of aryl methyl sites for hydroxylation is 1. The van der Waals surface area contributed by atoms with E-state index in [0.717, 1.165) is 0 Å². The summed E-state index contributed by atoms with van der Waals surface area (Å²) in [6.07, 6.45) is 0. The topological polar surface area (TPSA) is 106 Å². The van der Waals surface area contributed by atoms with Crippen molar-refractivity contribution in [3.63, 3.8) is 0 Å². The standard InChI is InChI=1S/C14H9FN4O/c1-7-2-3-8(15)4-9(7)12-10(5-16)13(18)19-14(20)11(12)6-17/h2-4H,1H3,(H3,18,19,20). The van der Waals surface area contributed by atoms with Crippen LogP contribution in [0.25, 0.3) is 11.1 Å². The summed E-state index contributed by atoms with van der Waals surface area (Å²) in [6, 6.07) is 7.51. The number of H-pyrrole nitrogens is 1. The fourth-order valence-corrected chi connectivity index (χ4v) is 1.98. The lowest BCUT2D eigenvalue weighted by Crippen LogP contribution is -2.16. The van der Waals surface area contributed by atoms with E-state index >= 15 is 0 Å². The molecule has 2 rings (SSSR count). The third-order valence-electron chi connectivity index (χ3n) is 2.94. The van der Waals surface area contributed by atoms with E-state index < -0.39 is 11.4 Å². The third-order valence-corrected chi connectivity index (χ3v) is 2.94. The number of anilines is 1. The summed E-state index contributed by atoms with van der Waals surface area (Å²) in [5, 5.41) is 18.3. The van der Waals surface area contributed by atoms with Gasteiger partial charge in [-0.1, -0.05) is 6.07 Å². The van der Waals surface area contributed by atoms with Crippen molar-refractivity contribution < 1.29 is 4.39 Å². The van der Waals surface area contributed by atoms with Crippen molar-refractivity contribution in [2.45, 2.75) is 6.92 Å². The Balaban J connectivity index is 3.00. The highest BCUT2D eigenvalue weighted by atomic mass is 19.1. The Labute approximate surface area is 113 Å². The highest BCUT2D eigenvalue weighted by Gasteiger charge is 2.19. The average molecular weight is 268 g/mol. The van der Waals surface area contributed by atoms with Gasteiger partial charge >= 0.3 is 0 Å². The molecule has 5 nitrogen and oxygen atoms in total. The second-order valence-corrected chi connectivity index (χ2v) is 4.18. The molecule has 0 amide bonds. The lowest BCUT2D eigenvalue weighted by Gasteiger charge is -2.11. The van der Waals surface area contributed by atoms with Gasteiger partial charge in [0.1, 0.15) is 34.9 Å². The molecule has 0 saturated carbocycles. The van der Waals surface area contributed by atoms with Gasteiger partial charge in [-0.25, -0.2) is 4.39 Å². The summed E-state index contributed by atoms with van der Waals surface area (Å²) in [7, 11) is 0. The van der Waals surface area contributed by atoms with Crippen LogP contribution in [0.1, 0.15) is 16.7 Å². The summed E-state index contributed by atoms with van der Waals surface area (Å²) in [6.45, 7) is 1.69. The van der Waals surface area contributed by atoms with Crippen LogP contribution in [-0.2, 0) is 0 Å². The fraction of sp³-hybridized carbons (Fsp3) is 0.0714. The molecular weight excluding hydrogens is 259 g/mol. The number of nitrogens with zero attached hydrogens (tertiary/aromatic N) is 2. The van der Waals surface area contributed by atoms with Gasteiger partial charge in [0.2, 0.25) is 0 Å². The molecule has 0 bridgehead atoms. The van der Waals surface area contributed by atoms with E-state index in [2.05, 4.69) is 4.98 Å². The molecule has 20 heavy (non-hydrogen) atoms. The van der Waals surface area contributed by atoms with Gasteiger partial charge in [-0.2, -0.15) is 10.5 Å². The van der Waals surface area contributed by atoms with Crippen molar-refractivity contribution in [3.05, 3.63) is 51.1 Å². The molecule has 6 heteroatoms. The van der Waals surface area contributed by atoms with Crippen LogP contribution in [0.3, 0.4) is 0 Å². The number of nitrogens with two attached hydrogens (primary N) is 1. The molecule has 98 valence electrons. The lowest BCUT2D eigenvalue weighted by molar-refractivity contribution is 0.628. The van der Waals surface area contributed by atoms with E-state index in [9.17, 15) is 14.4 Å². The molecule has 0 unspecified atom stereocenters. The lowest BCUT2D eigenvalue weighted by atomic mass is 9.93. The van der Waals surface area contributed by atoms with Crippen LogP contribution in [0.4, 0.5) is 10.2 Å². The molecule has 0 aliphatic carbocycles. The normalized spacial score (nSPS) is 9.80. The molecule has 0 radical (unpaired) electrons. The number of hydrogen-bond donors (Lipinski definition) is 2. The second-order valence-electron chi connectivity index (χ2n) is 4.18.